The maximum Gasteiger partial charge on any atom is 0.229 e. The molecule has 2 atom stereocenters. The Morgan fingerprint density at radius 2 is 1.17 bits per heavy atom. The fourth-order valence-corrected chi connectivity index (χ4v) is 2.68. The summed E-state index contributed by atoms with van der Waals surface area (Å²) < 4.78 is 0. The van der Waals surface area contributed by atoms with E-state index in [1.165, 1.54) is 0 Å². The number of aliphatic hydroxyl groups is 2. The van der Waals surface area contributed by atoms with Gasteiger partial charge < -0.3 is 30.6 Å². The molecule has 8 heteroatoms. The number of aliphatic hydroxyl groups excluding tert-OH is 2. The van der Waals surface area contributed by atoms with Gasteiger partial charge in [0.1, 0.15) is 22.8 Å². The molecule has 2 unspecified atom stereocenters. The van der Waals surface area contributed by atoms with E-state index in [1.807, 2.05) is 9.80 Å². The summed E-state index contributed by atoms with van der Waals surface area (Å²) in [5, 5.41) is 24.6. The minimum atomic E-state index is -0.326. The highest BCUT2D eigenvalue weighted by Gasteiger charge is 2.44. The molecule has 0 aromatic heterocycles. The highest BCUT2D eigenvalue weighted by molar-refractivity contribution is 6.24. The lowest BCUT2D eigenvalue weighted by molar-refractivity contribution is -0.118. The summed E-state index contributed by atoms with van der Waals surface area (Å²) in [6, 6.07) is -0.652. The predicted molar refractivity (Wildman–Crippen MR) is 86.6 cm³/mol. The third-order valence-electron chi connectivity index (χ3n) is 4.21. The van der Waals surface area contributed by atoms with Crippen LogP contribution < -0.4 is 10.6 Å². The van der Waals surface area contributed by atoms with Crippen molar-refractivity contribution >= 4 is 11.6 Å². The second kappa shape index (κ2) is 6.45. The maximum absolute atomic E-state index is 13.0. The zero-order chi connectivity index (χ0) is 17.4. The van der Waals surface area contributed by atoms with Gasteiger partial charge in [-0.05, 0) is 13.8 Å². The third kappa shape index (κ3) is 3.11. The first-order valence-electron chi connectivity index (χ1n) is 8.30. The van der Waals surface area contributed by atoms with Gasteiger partial charge in [0, 0.05) is 38.3 Å². The maximum atomic E-state index is 13.0. The average Bonchev–Trinajstić information content (AvgIpc) is 3.44. The van der Waals surface area contributed by atoms with Crippen LogP contribution in [-0.4, -0.2) is 83.1 Å². The first kappa shape index (κ1) is 16.8. The third-order valence-corrected chi connectivity index (χ3v) is 4.21. The summed E-state index contributed by atoms with van der Waals surface area (Å²) in [7, 11) is 0. The molecule has 2 fully saturated rings. The highest BCUT2D eigenvalue weighted by Crippen LogP contribution is 2.32. The van der Waals surface area contributed by atoms with Crippen LogP contribution in [-0.2, 0) is 9.59 Å². The van der Waals surface area contributed by atoms with E-state index < -0.39 is 0 Å². The average molecular weight is 336 g/mol. The molecule has 0 amide bonds. The highest BCUT2D eigenvalue weighted by atomic mass is 16.3. The molecule has 132 valence electrons. The van der Waals surface area contributed by atoms with E-state index in [0.29, 0.717) is 11.4 Å². The van der Waals surface area contributed by atoms with Gasteiger partial charge >= 0.3 is 0 Å². The van der Waals surface area contributed by atoms with Crippen molar-refractivity contribution in [1.82, 2.24) is 20.4 Å². The molecule has 2 aliphatic heterocycles. The molecule has 1 aliphatic carbocycles. The number of nitrogens with one attached hydrogen (secondary N) is 2. The molecule has 0 saturated carbocycles. The van der Waals surface area contributed by atoms with Crippen LogP contribution in [0.2, 0.25) is 0 Å². The summed E-state index contributed by atoms with van der Waals surface area (Å²) in [4.78, 5) is 29.8. The van der Waals surface area contributed by atoms with Gasteiger partial charge in [-0.2, -0.15) is 0 Å². The molecule has 3 aliphatic rings. The van der Waals surface area contributed by atoms with Crippen LogP contribution in [0.25, 0.3) is 0 Å². The van der Waals surface area contributed by atoms with Gasteiger partial charge in [0.05, 0.1) is 13.2 Å². The Kier molecular flexibility index (Phi) is 4.51. The second-order valence-electron chi connectivity index (χ2n) is 6.54. The van der Waals surface area contributed by atoms with Gasteiger partial charge in [0.25, 0.3) is 0 Å². The second-order valence-corrected chi connectivity index (χ2v) is 6.54. The van der Waals surface area contributed by atoms with Crippen LogP contribution in [0.15, 0.2) is 22.8 Å². The molecular weight excluding hydrogens is 312 g/mol. The molecule has 0 bridgehead atoms. The largest absolute Gasteiger partial charge is 0.394 e. The van der Waals surface area contributed by atoms with Crippen molar-refractivity contribution in [2.24, 2.45) is 0 Å². The topological polar surface area (TPSA) is 105 Å². The van der Waals surface area contributed by atoms with E-state index in [0.717, 1.165) is 26.2 Å². The molecule has 0 aromatic rings. The van der Waals surface area contributed by atoms with Gasteiger partial charge in [-0.25, -0.2) is 0 Å². The molecule has 0 radical (unpaired) electrons. The molecule has 0 aromatic carbocycles. The van der Waals surface area contributed by atoms with Crippen LogP contribution in [0.5, 0.6) is 0 Å². The first-order chi connectivity index (χ1) is 11.5. The van der Waals surface area contributed by atoms with Gasteiger partial charge in [0.15, 0.2) is 0 Å². The molecule has 24 heavy (non-hydrogen) atoms. The Morgan fingerprint density at radius 1 is 0.833 bits per heavy atom. The molecule has 0 spiro atoms. The van der Waals surface area contributed by atoms with E-state index >= 15 is 0 Å². The summed E-state index contributed by atoms with van der Waals surface area (Å²) in [5.74, 6) is -0.469. The smallest absolute Gasteiger partial charge is 0.229 e. The predicted octanol–water partition coefficient (Wildman–Crippen LogP) is -1.87. The van der Waals surface area contributed by atoms with Crippen LogP contribution >= 0.6 is 0 Å². The minimum absolute atomic E-state index is 0.131. The Hall–Kier alpha value is -2.06. The van der Waals surface area contributed by atoms with Crippen molar-refractivity contribution < 1.29 is 19.8 Å². The lowest BCUT2D eigenvalue weighted by Crippen LogP contribution is -2.44. The number of hydrogen-bond donors (Lipinski definition) is 4. The van der Waals surface area contributed by atoms with Crippen molar-refractivity contribution in [2.75, 3.05) is 39.4 Å². The normalized spacial score (nSPS) is 22.8. The molecular formula is C16H24N4O4. The van der Waals surface area contributed by atoms with Gasteiger partial charge in [-0.3, -0.25) is 9.59 Å². The van der Waals surface area contributed by atoms with Crippen LogP contribution in [0, 0.1) is 0 Å². The van der Waals surface area contributed by atoms with Crippen molar-refractivity contribution in [3.8, 4) is 0 Å². The number of ketones is 2. The Bertz CT molecular complexity index is 566. The zero-order valence-electron chi connectivity index (χ0n) is 14.0. The van der Waals surface area contributed by atoms with E-state index in [4.69, 9.17) is 0 Å². The van der Waals surface area contributed by atoms with E-state index in [1.54, 1.807) is 13.8 Å². The summed E-state index contributed by atoms with van der Waals surface area (Å²) >= 11 is 0. The van der Waals surface area contributed by atoms with Crippen LogP contribution in [0.4, 0.5) is 0 Å². The van der Waals surface area contributed by atoms with Gasteiger partial charge in [-0.15, -0.1) is 0 Å². The number of carbonyl (C=O) groups is 2. The lowest BCUT2D eigenvalue weighted by Gasteiger charge is -2.28. The Morgan fingerprint density at radius 3 is 1.42 bits per heavy atom. The van der Waals surface area contributed by atoms with E-state index in [9.17, 15) is 19.8 Å². The fourth-order valence-electron chi connectivity index (χ4n) is 2.68. The minimum Gasteiger partial charge on any atom is -0.394 e. The number of hydrogen-bond acceptors (Lipinski definition) is 8. The molecule has 3 rings (SSSR count). The van der Waals surface area contributed by atoms with E-state index in [-0.39, 0.29) is 48.3 Å². The van der Waals surface area contributed by atoms with Crippen LogP contribution in [0.1, 0.15) is 13.8 Å². The standard InChI is InChI=1S/C16H24N4O4/c1-9(7-21)17-11-13(19-3-4-19)16(24)12(18-10(2)8-22)14(15(11)23)20-5-6-20/h9-10,17-18,21-22H,3-8H2,1-2H3. The molecule has 8 nitrogen and oxygen atoms in total. The first-order valence-corrected chi connectivity index (χ1v) is 8.30. The van der Waals surface area contributed by atoms with Crippen LogP contribution in [0.3, 0.4) is 0 Å². The lowest BCUT2D eigenvalue weighted by atomic mass is 9.97. The molecule has 2 heterocycles. The number of carbonyl (C=O) groups excluding carboxylic acids is 2. The van der Waals surface area contributed by atoms with E-state index in [2.05, 4.69) is 10.6 Å². The SMILES string of the molecule is CC(CO)NC1=C(N2CC2)C(=O)C(NC(C)CO)=C(N2CC2)C1=O. The van der Waals surface area contributed by atoms with Gasteiger partial charge in [-0.1, -0.05) is 0 Å². The monoisotopic (exact) mass is 336 g/mol. The molecule has 4 N–H and O–H groups in total. The Balaban J connectivity index is 2.00. The summed E-state index contributed by atoms with van der Waals surface area (Å²) in [5.41, 5.74) is 1.25. The van der Waals surface area contributed by atoms with Gasteiger partial charge in [0.2, 0.25) is 11.6 Å². The van der Waals surface area contributed by atoms with Crippen molar-refractivity contribution in [3.63, 3.8) is 0 Å². The zero-order valence-corrected chi connectivity index (χ0v) is 14.0. The van der Waals surface area contributed by atoms with Crippen molar-refractivity contribution in [3.05, 3.63) is 22.8 Å². The number of rotatable bonds is 8. The molecule has 2 saturated heterocycles. The Labute approximate surface area is 140 Å². The summed E-state index contributed by atoms with van der Waals surface area (Å²) in [6.07, 6.45) is 0. The number of Topliss-reactive ketones (excluding diaryl/α,β-unsaturated/α-hetero) is 2. The quantitative estimate of drug-likeness (QED) is 0.302. The number of nitrogens with zero attached hydrogens (tertiary/aromatic N) is 2. The fraction of sp³-hybridized carbons (Fsp3) is 0.625. The van der Waals surface area contributed by atoms with Crippen molar-refractivity contribution in [1.29, 1.82) is 0 Å². The van der Waals surface area contributed by atoms with Crippen molar-refractivity contribution in [2.45, 2.75) is 25.9 Å². The summed E-state index contributed by atoms with van der Waals surface area (Å²) in [6.45, 7) is 6.18.